The van der Waals surface area contributed by atoms with Gasteiger partial charge in [0.25, 0.3) is 0 Å². The van der Waals surface area contributed by atoms with E-state index in [0.29, 0.717) is 38.1 Å². The van der Waals surface area contributed by atoms with Crippen LogP contribution in [0.2, 0.25) is 0 Å². The highest BCUT2D eigenvalue weighted by molar-refractivity contribution is 5.99. The van der Waals surface area contributed by atoms with E-state index in [1.54, 1.807) is 0 Å². The lowest BCUT2D eigenvalue weighted by molar-refractivity contribution is -0.141. The number of hydrogen-bond donors (Lipinski definition) is 3. The maximum atomic E-state index is 12.6. The summed E-state index contributed by atoms with van der Waals surface area (Å²) in [6, 6.07) is 0. The van der Waals surface area contributed by atoms with Gasteiger partial charge < -0.3 is 25.5 Å². The minimum absolute atomic E-state index is 0.122. The Morgan fingerprint density at radius 3 is 2.71 bits per heavy atom. The van der Waals surface area contributed by atoms with E-state index in [-0.39, 0.29) is 24.1 Å². The molecule has 3 N–H and O–H groups in total. The molecule has 2 fully saturated rings. The molecule has 1 aromatic rings. The predicted molar refractivity (Wildman–Crippen MR) is 117 cm³/mol. The van der Waals surface area contributed by atoms with Crippen molar-refractivity contribution in [3.05, 3.63) is 23.8 Å². The molecule has 3 heterocycles. The van der Waals surface area contributed by atoms with Crippen LogP contribution in [0.3, 0.4) is 0 Å². The van der Waals surface area contributed by atoms with Gasteiger partial charge >= 0.3 is 12.3 Å². The number of rotatable bonds is 5. The molecule has 0 spiro atoms. The van der Waals surface area contributed by atoms with Crippen molar-refractivity contribution in [2.24, 2.45) is 11.0 Å². The number of ether oxygens (including phenoxy) is 2. The summed E-state index contributed by atoms with van der Waals surface area (Å²) in [7, 11) is 0. The zero-order valence-corrected chi connectivity index (χ0v) is 19.6. The van der Waals surface area contributed by atoms with Crippen LogP contribution in [-0.2, 0) is 26.9 Å². The summed E-state index contributed by atoms with van der Waals surface area (Å²) < 4.78 is 48.8. The molecule has 4 atom stereocenters. The Morgan fingerprint density at radius 2 is 2.06 bits per heavy atom. The molecule has 0 bridgehead atoms. The molecular formula is C22H29F3N6O4. The summed E-state index contributed by atoms with van der Waals surface area (Å²) in [6.07, 6.45) is -0.474. The van der Waals surface area contributed by atoms with Crippen molar-refractivity contribution in [2.45, 2.75) is 75.7 Å². The second kappa shape index (κ2) is 9.59. The zero-order valence-electron chi connectivity index (χ0n) is 19.6. The lowest BCUT2D eigenvalue weighted by Gasteiger charge is -2.31. The van der Waals surface area contributed by atoms with Gasteiger partial charge in [-0.3, -0.25) is 9.78 Å². The molecule has 2 unspecified atom stereocenters. The Morgan fingerprint density at radius 1 is 1.26 bits per heavy atom. The standard InChI is InChI=1S/C22H29F3N6O4/c1-20(5-6-34-12-20)29-19(33)35-15-4-3-13(7-15)21(2)9-17(30-31-21)28-18(32)8-14-10-27-16(11-26-14)22(23,24)25/h10-11,13,15,31H,3-9,12H2,1-2H3,(H,29,33)(H,28,30,32)/t13-,15+,20?,21?/m0/s1. The number of aromatic nitrogens is 2. The fourth-order valence-electron chi connectivity index (χ4n) is 4.71. The molecule has 192 valence electrons. The van der Waals surface area contributed by atoms with E-state index in [1.807, 2.05) is 13.8 Å². The summed E-state index contributed by atoms with van der Waals surface area (Å²) in [6.45, 7) is 5.01. The molecule has 35 heavy (non-hydrogen) atoms. The molecule has 4 rings (SSSR count). The van der Waals surface area contributed by atoms with Gasteiger partial charge in [-0.2, -0.15) is 18.3 Å². The number of nitrogens with zero attached hydrogens (tertiary/aromatic N) is 3. The highest BCUT2D eigenvalue weighted by atomic mass is 19.4. The normalized spacial score (nSPS) is 30.5. The van der Waals surface area contributed by atoms with Crippen LogP contribution >= 0.6 is 0 Å². The SMILES string of the molecule is CC1(NC(=O)O[C@@H]2CC[C@H](C3(C)CC(NC(=O)Cc4cnc(C(F)(F)F)cn4)=NN3)C2)CCOC1. The van der Waals surface area contributed by atoms with Gasteiger partial charge in [0, 0.05) is 19.2 Å². The van der Waals surface area contributed by atoms with Crippen LogP contribution in [-0.4, -0.2) is 58.2 Å². The van der Waals surface area contributed by atoms with E-state index in [9.17, 15) is 22.8 Å². The van der Waals surface area contributed by atoms with Gasteiger partial charge in [-0.25, -0.2) is 9.78 Å². The number of alkyl halides is 3. The van der Waals surface area contributed by atoms with Gasteiger partial charge in [0.2, 0.25) is 5.91 Å². The van der Waals surface area contributed by atoms with Gasteiger partial charge in [-0.15, -0.1) is 0 Å². The van der Waals surface area contributed by atoms with Crippen LogP contribution in [0.1, 0.15) is 57.3 Å². The van der Waals surface area contributed by atoms with Crippen LogP contribution < -0.4 is 16.1 Å². The van der Waals surface area contributed by atoms with Crippen molar-refractivity contribution in [3.8, 4) is 0 Å². The Hall–Kier alpha value is -2.96. The van der Waals surface area contributed by atoms with Crippen LogP contribution in [0.4, 0.5) is 18.0 Å². The number of alkyl carbamates (subject to hydrolysis) is 1. The van der Waals surface area contributed by atoms with Gasteiger partial charge in [0.05, 0.1) is 36.0 Å². The average molecular weight is 499 g/mol. The van der Waals surface area contributed by atoms with Crippen molar-refractivity contribution in [3.63, 3.8) is 0 Å². The first-order chi connectivity index (χ1) is 16.4. The number of hydrazone groups is 1. The molecule has 1 saturated heterocycles. The molecule has 0 radical (unpaired) electrons. The predicted octanol–water partition coefficient (Wildman–Crippen LogP) is 2.29. The number of halogens is 3. The highest BCUT2D eigenvalue weighted by Gasteiger charge is 2.44. The average Bonchev–Trinajstić information content (AvgIpc) is 3.49. The van der Waals surface area contributed by atoms with E-state index >= 15 is 0 Å². The third kappa shape index (κ3) is 6.19. The van der Waals surface area contributed by atoms with Crippen molar-refractivity contribution in [2.75, 3.05) is 13.2 Å². The van der Waals surface area contributed by atoms with E-state index in [4.69, 9.17) is 9.47 Å². The van der Waals surface area contributed by atoms with E-state index in [2.05, 4.69) is 31.1 Å². The van der Waals surface area contributed by atoms with Crippen LogP contribution in [0.25, 0.3) is 0 Å². The molecular weight excluding hydrogens is 469 g/mol. The Labute approximate surface area is 200 Å². The van der Waals surface area contributed by atoms with Crippen LogP contribution in [0, 0.1) is 5.92 Å². The Kier molecular flexibility index (Phi) is 6.89. The summed E-state index contributed by atoms with van der Waals surface area (Å²) in [4.78, 5) is 31.6. The topological polar surface area (TPSA) is 127 Å². The van der Waals surface area contributed by atoms with Crippen LogP contribution in [0.15, 0.2) is 17.5 Å². The molecule has 3 aliphatic rings. The smallest absolute Gasteiger partial charge is 0.434 e. The van der Waals surface area contributed by atoms with E-state index in [1.165, 1.54) is 0 Å². The number of nitrogens with one attached hydrogen (secondary N) is 3. The van der Waals surface area contributed by atoms with Gasteiger partial charge in [-0.05, 0) is 45.4 Å². The van der Waals surface area contributed by atoms with Gasteiger partial charge in [0.15, 0.2) is 5.69 Å². The summed E-state index contributed by atoms with van der Waals surface area (Å²) in [5.41, 5.74) is 1.29. The maximum absolute atomic E-state index is 12.6. The van der Waals surface area contributed by atoms with Gasteiger partial charge in [-0.1, -0.05) is 0 Å². The van der Waals surface area contributed by atoms with E-state index < -0.39 is 34.9 Å². The zero-order chi connectivity index (χ0) is 25.3. The first-order valence-corrected chi connectivity index (χ1v) is 11.5. The lowest BCUT2D eigenvalue weighted by atomic mass is 9.82. The Bertz CT molecular complexity index is 980. The minimum Gasteiger partial charge on any atom is -0.446 e. The number of carbonyl (C=O) groups is 2. The monoisotopic (exact) mass is 498 g/mol. The Balaban J connectivity index is 1.23. The fourth-order valence-corrected chi connectivity index (χ4v) is 4.71. The van der Waals surface area contributed by atoms with Crippen molar-refractivity contribution in [1.29, 1.82) is 0 Å². The highest BCUT2D eigenvalue weighted by Crippen LogP contribution is 2.39. The summed E-state index contributed by atoms with van der Waals surface area (Å²) in [5.74, 6) is 0.163. The number of amidine groups is 1. The van der Waals surface area contributed by atoms with Crippen molar-refractivity contribution in [1.82, 2.24) is 26.0 Å². The second-order valence-electron chi connectivity index (χ2n) is 9.91. The largest absolute Gasteiger partial charge is 0.446 e. The second-order valence-corrected chi connectivity index (χ2v) is 9.91. The first-order valence-electron chi connectivity index (χ1n) is 11.5. The molecule has 1 aliphatic carbocycles. The quantitative estimate of drug-likeness (QED) is 0.569. The molecule has 2 amide bonds. The van der Waals surface area contributed by atoms with Crippen molar-refractivity contribution < 1.29 is 32.2 Å². The summed E-state index contributed by atoms with van der Waals surface area (Å²) in [5, 5.41) is 9.83. The molecule has 1 saturated carbocycles. The number of amides is 2. The van der Waals surface area contributed by atoms with Gasteiger partial charge in [0.1, 0.15) is 11.9 Å². The lowest BCUT2D eigenvalue weighted by Crippen LogP contribution is -2.47. The molecule has 10 nitrogen and oxygen atoms in total. The third-order valence-electron chi connectivity index (χ3n) is 6.78. The van der Waals surface area contributed by atoms with Crippen molar-refractivity contribution >= 4 is 17.8 Å². The third-order valence-corrected chi connectivity index (χ3v) is 6.78. The summed E-state index contributed by atoms with van der Waals surface area (Å²) >= 11 is 0. The molecule has 1 aromatic heterocycles. The number of hydrogen-bond acceptors (Lipinski definition) is 8. The molecule has 2 aliphatic heterocycles. The molecule has 0 aromatic carbocycles. The van der Waals surface area contributed by atoms with Crippen LogP contribution in [0.5, 0.6) is 0 Å². The minimum atomic E-state index is -4.58. The fraction of sp³-hybridized carbons (Fsp3) is 0.682. The molecule has 13 heteroatoms. The first kappa shape index (κ1) is 25.1. The number of carbonyl (C=O) groups excluding carboxylic acids is 2. The van der Waals surface area contributed by atoms with E-state index in [0.717, 1.165) is 25.5 Å². The maximum Gasteiger partial charge on any atom is 0.434 e.